The number of amides is 2. The van der Waals surface area contributed by atoms with Crippen LogP contribution in [0.4, 0.5) is 5.69 Å². The summed E-state index contributed by atoms with van der Waals surface area (Å²) in [6.45, 7) is 3.42. The first-order chi connectivity index (χ1) is 13.0. The fourth-order valence-electron chi connectivity index (χ4n) is 2.15. The van der Waals surface area contributed by atoms with Gasteiger partial charge in [0.1, 0.15) is 12.4 Å². The van der Waals surface area contributed by atoms with Crippen LogP contribution < -0.4 is 21.1 Å². The molecule has 0 saturated heterocycles. The van der Waals surface area contributed by atoms with Crippen LogP contribution in [0.5, 0.6) is 5.75 Å². The summed E-state index contributed by atoms with van der Waals surface area (Å²) in [5.74, 6) is -0.305. The van der Waals surface area contributed by atoms with Gasteiger partial charge in [0, 0.05) is 23.4 Å². The van der Waals surface area contributed by atoms with Crippen molar-refractivity contribution in [2.75, 3.05) is 25.1 Å². The van der Waals surface area contributed by atoms with E-state index in [1.807, 2.05) is 6.92 Å². The molecule has 0 atom stereocenters. The molecule has 0 aromatic heterocycles. The van der Waals surface area contributed by atoms with Crippen LogP contribution in [-0.2, 0) is 4.74 Å². The molecule has 0 aliphatic carbocycles. The Bertz CT molecular complexity index is 809. The van der Waals surface area contributed by atoms with Gasteiger partial charge in [0.15, 0.2) is 5.11 Å². The highest BCUT2D eigenvalue weighted by Crippen LogP contribution is 2.14. The van der Waals surface area contributed by atoms with Gasteiger partial charge in [-0.3, -0.25) is 14.9 Å². The minimum atomic E-state index is -0.513. The van der Waals surface area contributed by atoms with Crippen molar-refractivity contribution < 1.29 is 19.1 Å². The van der Waals surface area contributed by atoms with E-state index in [-0.39, 0.29) is 11.0 Å². The number of nitrogens with one attached hydrogen (secondary N) is 2. The van der Waals surface area contributed by atoms with E-state index in [2.05, 4.69) is 10.6 Å². The van der Waals surface area contributed by atoms with E-state index in [0.717, 1.165) is 0 Å². The first-order valence-corrected chi connectivity index (χ1v) is 8.73. The van der Waals surface area contributed by atoms with Gasteiger partial charge in [0.25, 0.3) is 5.91 Å². The molecule has 0 spiro atoms. The van der Waals surface area contributed by atoms with E-state index in [4.69, 9.17) is 27.4 Å². The predicted octanol–water partition coefficient (Wildman–Crippen LogP) is 2.33. The van der Waals surface area contributed by atoms with Crippen molar-refractivity contribution in [2.45, 2.75) is 6.92 Å². The monoisotopic (exact) mass is 387 g/mol. The minimum absolute atomic E-state index is 0.134. The van der Waals surface area contributed by atoms with Crippen LogP contribution in [0.1, 0.15) is 27.6 Å². The molecule has 2 aromatic rings. The maximum Gasteiger partial charge on any atom is 0.257 e. The quantitative estimate of drug-likeness (QED) is 0.475. The number of thiocarbonyl (C=S) groups is 1. The van der Waals surface area contributed by atoms with Crippen LogP contribution in [0.2, 0.25) is 0 Å². The maximum absolute atomic E-state index is 12.3. The molecule has 27 heavy (non-hydrogen) atoms. The SMILES string of the molecule is CCOCCOc1cccc(C(=O)NC(=S)Nc2ccc(C(N)=O)cc2)c1. The number of ether oxygens (including phenoxy) is 2. The Morgan fingerprint density at radius 2 is 1.81 bits per heavy atom. The zero-order valence-corrected chi connectivity index (χ0v) is 15.7. The molecule has 2 amide bonds. The normalized spacial score (nSPS) is 10.1. The lowest BCUT2D eigenvalue weighted by Crippen LogP contribution is -2.34. The van der Waals surface area contributed by atoms with Crippen molar-refractivity contribution in [3.05, 3.63) is 59.7 Å². The Morgan fingerprint density at radius 1 is 1.07 bits per heavy atom. The number of nitrogens with two attached hydrogens (primary N) is 1. The zero-order chi connectivity index (χ0) is 19.6. The van der Waals surface area contributed by atoms with E-state index in [9.17, 15) is 9.59 Å². The van der Waals surface area contributed by atoms with E-state index in [1.165, 1.54) is 0 Å². The number of primary amides is 1. The molecule has 0 bridgehead atoms. The van der Waals surface area contributed by atoms with Crippen LogP contribution in [0.3, 0.4) is 0 Å². The fourth-order valence-corrected chi connectivity index (χ4v) is 2.36. The summed E-state index contributed by atoms with van der Waals surface area (Å²) in [5.41, 5.74) is 6.62. The van der Waals surface area contributed by atoms with Crippen LogP contribution in [0, 0.1) is 0 Å². The molecule has 142 valence electrons. The molecule has 0 fully saturated rings. The largest absolute Gasteiger partial charge is 0.491 e. The third kappa shape index (κ3) is 6.69. The van der Waals surface area contributed by atoms with Crippen LogP contribution in [-0.4, -0.2) is 36.7 Å². The van der Waals surface area contributed by atoms with Gasteiger partial charge in [0.05, 0.1) is 6.61 Å². The lowest BCUT2D eigenvalue weighted by Gasteiger charge is -2.11. The zero-order valence-electron chi connectivity index (χ0n) is 14.9. The Morgan fingerprint density at radius 3 is 2.48 bits per heavy atom. The summed E-state index contributed by atoms with van der Waals surface area (Å²) >= 11 is 5.15. The molecule has 8 heteroatoms. The van der Waals surface area contributed by atoms with Gasteiger partial charge in [-0.05, 0) is 61.6 Å². The number of benzene rings is 2. The number of anilines is 1. The molecule has 2 aromatic carbocycles. The second kappa shape index (κ2) is 10.2. The number of rotatable bonds is 8. The highest BCUT2D eigenvalue weighted by molar-refractivity contribution is 7.80. The second-order valence-corrected chi connectivity index (χ2v) is 5.83. The van der Waals surface area contributed by atoms with Crippen molar-refractivity contribution in [2.24, 2.45) is 5.73 Å². The molecular weight excluding hydrogens is 366 g/mol. The summed E-state index contributed by atoms with van der Waals surface area (Å²) < 4.78 is 10.7. The van der Waals surface area contributed by atoms with Gasteiger partial charge in [-0.25, -0.2) is 0 Å². The van der Waals surface area contributed by atoms with E-state index in [0.29, 0.717) is 42.4 Å². The fraction of sp³-hybridized carbons (Fsp3) is 0.211. The van der Waals surface area contributed by atoms with Gasteiger partial charge >= 0.3 is 0 Å². The molecule has 0 aliphatic heterocycles. The molecule has 0 unspecified atom stereocenters. The van der Waals surface area contributed by atoms with Crippen molar-refractivity contribution in [3.63, 3.8) is 0 Å². The number of hydrogen-bond donors (Lipinski definition) is 3. The molecule has 4 N–H and O–H groups in total. The van der Waals surface area contributed by atoms with Gasteiger partial charge in [-0.2, -0.15) is 0 Å². The number of hydrogen-bond acceptors (Lipinski definition) is 5. The lowest BCUT2D eigenvalue weighted by atomic mass is 10.2. The first-order valence-electron chi connectivity index (χ1n) is 8.32. The van der Waals surface area contributed by atoms with Gasteiger partial charge in [-0.15, -0.1) is 0 Å². The van der Waals surface area contributed by atoms with E-state index >= 15 is 0 Å². The minimum Gasteiger partial charge on any atom is -0.491 e. The standard InChI is InChI=1S/C19H21N3O4S/c1-2-25-10-11-26-16-5-3-4-14(12-16)18(24)22-19(27)21-15-8-6-13(7-9-15)17(20)23/h3-9,12H,2,10-11H2,1H3,(H2,20,23)(H2,21,22,24,27). The molecule has 2 rings (SSSR count). The van der Waals surface area contributed by atoms with Gasteiger partial charge in [0.2, 0.25) is 5.91 Å². The molecule has 7 nitrogen and oxygen atoms in total. The number of carbonyl (C=O) groups excluding carboxylic acids is 2. The average molecular weight is 387 g/mol. The Balaban J connectivity index is 1.90. The van der Waals surface area contributed by atoms with Crippen molar-refractivity contribution in [1.29, 1.82) is 0 Å². The Hall–Kier alpha value is -2.97. The predicted molar refractivity (Wildman–Crippen MR) is 107 cm³/mol. The summed E-state index contributed by atoms with van der Waals surface area (Å²) in [6, 6.07) is 13.2. The second-order valence-electron chi connectivity index (χ2n) is 5.42. The maximum atomic E-state index is 12.3. The molecule has 0 radical (unpaired) electrons. The molecule has 0 saturated carbocycles. The first kappa shape index (κ1) is 20.3. The summed E-state index contributed by atoms with van der Waals surface area (Å²) in [6.07, 6.45) is 0. The molecule has 0 heterocycles. The molecule has 0 aliphatic rings. The number of carbonyl (C=O) groups is 2. The van der Waals surface area contributed by atoms with Crippen molar-refractivity contribution >= 4 is 34.8 Å². The third-order valence-electron chi connectivity index (χ3n) is 3.45. The highest BCUT2D eigenvalue weighted by Gasteiger charge is 2.09. The smallest absolute Gasteiger partial charge is 0.257 e. The topological polar surface area (TPSA) is 103 Å². The summed E-state index contributed by atoms with van der Waals surface area (Å²) in [7, 11) is 0. The van der Waals surface area contributed by atoms with E-state index < -0.39 is 5.91 Å². The average Bonchev–Trinajstić information content (AvgIpc) is 2.66. The van der Waals surface area contributed by atoms with Crippen LogP contribution in [0.15, 0.2) is 48.5 Å². The van der Waals surface area contributed by atoms with Crippen molar-refractivity contribution in [3.8, 4) is 5.75 Å². The summed E-state index contributed by atoms with van der Waals surface area (Å²) in [5, 5.41) is 5.60. The van der Waals surface area contributed by atoms with E-state index in [1.54, 1.807) is 48.5 Å². The molecular formula is C19H21N3O4S. The lowest BCUT2D eigenvalue weighted by molar-refractivity contribution is 0.0973. The Labute approximate surface area is 162 Å². The van der Waals surface area contributed by atoms with Crippen LogP contribution >= 0.6 is 12.2 Å². The van der Waals surface area contributed by atoms with Gasteiger partial charge in [-0.1, -0.05) is 6.07 Å². The Kier molecular flexibility index (Phi) is 7.72. The van der Waals surface area contributed by atoms with Crippen molar-refractivity contribution in [1.82, 2.24) is 5.32 Å². The van der Waals surface area contributed by atoms with Gasteiger partial charge < -0.3 is 20.5 Å². The summed E-state index contributed by atoms with van der Waals surface area (Å²) in [4.78, 5) is 23.4. The van der Waals surface area contributed by atoms with Crippen LogP contribution in [0.25, 0.3) is 0 Å². The highest BCUT2D eigenvalue weighted by atomic mass is 32.1. The third-order valence-corrected chi connectivity index (χ3v) is 3.66.